The van der Waals surface area contributed by atoms with Gasteiger partial charge in [-0.05, 0) is 38.1 Å². The summed E-state index contributed by atoms with van der Waals surface area (Å²) < 4.78 is 13.2. The number of fused-ring (bicyclic) bond motifs is 2. The summed E-state index contributed by atoms with van der Waals surface area (Å²) in [5.41, 5.74) is 1.98. The SMILES string of the molecule is COc1ccc2c(c1)OC(C)(C)C[C@H]2NC(=O)c1ccc2nccn2c1. The van der Waals surface area contributed by atoms with Crippen LogP contribution in [-0.2, 0) is 0 Å². The number of ether oxygens (including phenoxy) is 2. The zero-order valence-electron chi connectivity index (χ0n) is 15.0. The van der Waals surface area contributed by atoms with E-state index in [2.05, 4.69) is 10.3 Å². The van der Waals surface area contributed by atoms with Gasteiger partial charge >= 0.3 is 0 Å². The van der Waals surface area contributed by atoms with Crippen LogP contribution in [0.15, 0.2) is 48.9 Å². The maximum absolute atomic E-state index is 12.8. The first-order valence-electron chi connectivity index (χ1n) is 8.56. The summed E-state index contributed by atoms with van der Waals surface area (Å²) in [6, 6.07) is 9.20. The molecule has 1 aliphatic rings. The average Bonchev–Trinajstić information content (AvgIpc) is 3.07. The van der Waals surface area contributed by atoms with Crippen LogP contribution in [0.3, 0.4) is 0 Å². The normalized spacial score (nSPS) is 18.0. The number of hydrogen-bond donors (Lipinski definition) is 1. The van der Waals surface area contributed by atoms with Crippen LogP contribution in [-0.4, -0.2) is 28.0 Å². The molecule has 1 N–H and O–H groups in total. The molecule has 0 radical (unpaired) electrons. The number of methoxy groups -OCH3 is 1. The summed E-state index contributed by atoms with van der Waals surface area (Å²) in [6.07, 6.45) is 6.01. The molecular weight excluding hydrogens is 330 g/mol. The number of carbonyl (C=O) groups excluding carboxylic acids is 1. The van der Waals surface area contributed by atoms with Gasteiger partial charge in [0, 0.05) is 36.6 Å². The molecule has 0 spiro atoms. The van der Waals surface area contributed by atoms with Gasteiger partial charge in [-0.3, -0.25) is 4.79 Å². The molecule has 0 saturated heterocycles. The molecule has 6 heteroatoms. The first-order valence-corrected chi connectivity index (χ1v) is 8.56. The maximum Gasteiger partial charge on any atom is 0.253 e. The minimum atomic E-state index is -0.383. The van der Waals surface area contributed by atoms with Crippen molar-refractivity contribution >= 4 is 11.6 Å². The molecule has 2 aromatic heterocycles. The molecule has 1 aromatic carbocycles. The number of imidazole rings is 1. The van der Waals surface area contributed by atoms with Gasteiger partial charge in [0.25, 0.3) is 5.91 Å². The minimum absolute atomic E-state index is 0.120. The van der Waals surface area contributed by atoms with Crippen LogP contribution in [0.5, 0.6) is 11.5 Å². The molecule has 1 atom stereocenters. The Hall–Kier alpha value is -3.02. The number of hydrogen-bond acceptors (Lipinski definition) is 4. The minimum Gasteiger partial charge on any atom is -0.497 e. The van der Waals surface area contributed by atoms with Gasteiger partial charge in [-0.25, -0.2) is 4.98 Å². The molecule has 0 fully saturated rings. The Balaban J connectivity index is 1.63. The fraction of sp³-hybridized carbons (Fsp3) is 0.300. The number of nitrogens with zero attached hydrogens (tertiary/aromatic N) is 2. The predicted octanol–water partition coefficient (Wildman–Crippen LogP) is 3.38. The van der Waals surface area contributed by atoms with Crippen LogP contribution in [0.4, 0.5) is 0 Å². The second-order valence-electron chi connectivity index (χ2n) is 7.11. The molecule has 6 nitrogen and oxygen atoms in total. The van der Waals surface area contributed by atoms with Crippen LogP contribution < -0.4 is 14.8 Å². The molecule has 3 aromatic rings. The number of carbonyl (C=O) groups is 1. The second kappa shape index (κ2) is 6.05. The Labute approximate surface area is 151 Å². The third-order valence-electron chi connectivity index (χ3n) is 4.63. The Bertz CT molecular complexity index is 977. The highest BCUT2D eigenvalue weighted by molar-refractivity contribution is 5.94. The van der Waals surface area contributed by atoms with Crippen molar-refractivity contribution in [1.82, 2.24) is 14.7 Å². The third kappa shape index (κ3) is 2.98. The lowest BCUT2D eigenvalue weighted by atomic mass is 9.89. The molecule has 134 valence electrons. The quantitative estimate of drug-likeness (QED) is 0.786. The summed E-state index contributed by atoms with van der Waals surface area (Å²) in [5.74, 6) is 1.36. The van der Waals surface area contributed by atoms with E-state index >= 15 is 0 Å². The molecule has 26 heavy (non-hydrogen) atoms. The molecule has 1 aliphatic heterocycles. The van der Waals surface area contributed by atoms with Gasteiger partial charge in [-0.15, -0.1) is 0 Å². The van der Waals surface area contributed by atoms with Crippen molar-refractivity contribution in [3.63, 3.8) is 0 Å². The molecule has 3 heterocycles. The molecule has 0 aliphatic carbocycles. The van der Waals surface area contributed by atoms with Crippen molar-refractivity contribution in [1.29, 1.82) is 0 Å². The molecule has 0 saturated carbocycles. The third-order valence-corrected chi connectivity index (χ3v) is 4.63. The predicted molar refractivity (Wildman–Crippen MR) is 97.7 cm³/mol. The summed E-state index contributed by atoms with van der Waals surface area (Å²) in [4.78, 5) is 17.0. The fourth-order valence-corrected chi connectivity index (χ4v) is 3.38. The van der Waals surface area contributed by atoms with Crippen LogP contribution in [0, 0.1) is 0 Å². The van der Waals surface area contributed by atoms with Crippen LogP contribution >= 0.6 is 0 Å². The monoisotopic (exact) mass is 351 g/mol. The Morgan fingerprint density at radius 2 is 2.19 bits per heavy atom. The summed E-state index contributed by atoms with van der Waals surface area (Å²) in [5, 5.41) is 3.15. The van der Waals surface area contributed by atoms with Crippen molar-refractivity contribution in [3.05, 3.63) is 60.0 Å². The Morgan fingerprint density at radius 1 is 1.35 bits per heavy atom. The lowest BCUT2D eigenvalue weighted by Crippen LogP contribution is -2.41. The van der Waals surface area contributed by atoms with Crippen molar-refractivity contribution < 1.29 is 14.3 Å². The molecule has 0 unspecified atom stereocenters. The highest BCUT2D eigenvalue weighted by Crippen LogP contribution is 2.41. The number of aromatic nitrogens is 2. The van der Waals surface area contributed by atoms with Crippen LogP contribution in [0.1, 0.15) is 42.2 Å². The molecule has 4 rings (SSSR count). The van der Waals surface area contributed by atoms with Gasteiger partial charge < -0.3 is 19.2 Å². The number of amides is 1. The van der Waals surface area contributed by atoms with Gasteiger partial charge in [0.15, 0.2) is 0 Å². The lowest BCUT2D eigenvalue weighted by Gasteiger charge is -2.38. The van der Waals surface area contributed by atoms with Crippen molar-refractivity contribution in [3.8, 4) is 11.5 Å². The van der Waals surface area contributed by atoms with E-state index in [1.807, 2.05) is 48.7 Å². The van der Waals surface area contributed by atoms with Crippen molar-refractivity contribution in [2.75, 3.05) is 7.11 Å². The smallest absolute Gasteiger partial charge is 0.253 e. The van der Waals surface area contributed by atoms with E-state index in [1.165, 1.54) is 0 Å². The fourth-order valence-electron chi connectivity index (χ4n) is 3.38. The van der Waals surface area contributed by atoms with Crippen molar-refractivity contribution in [2.24, 2.45) is 0 Å². The number of benzene rings is 1. The van der Waals surface area contributed by atoms with E-state index in [4.69, 9.17) is 9.47 Å². The van der Waals surface area contributed by atoms with Crippen molar-refractivity contribution in [2.45, 2.75) is 31.9 Å². The first kappa shape index (κ1) is 16.4. The second-order valence-corrected chi connectivity index (χ2v) is 7.11. The zero-order valence-corrected chi connectivity index (χ0v) is 15.0. The number of pyridine rings is 1. The molecule has 1 amide bonds. The largest absolute Gasteiger partial charge is 0.497 e. The van der Waals surface area contributed by atoms with Crippen LogP contribution in [0.2, 0.25) is 0 Å². The van der Waals surface area contributed by atoms with Gasteiger partial charge in [-0.2, -0.15) is 0 Å². The van der Waals surface area contributed by atoms with Gasteiger partial charge in [0.1, 0.15) is 22.7 Å². The van der Waals surface area contributed by atoms with E-state index in [0.29, 0.717) is 12.0 Å². The van der Waals surface area contributed by atoms with Crippen LogP contribution in [0.25, 0.3) is 5.65 Å². The summed E-state index contributed by atoms with van der Waals surface area (Å²) in [6.45, 7) is 4.04. The van der Waals surface area contributed by atoms with Gasteiger partial charge in [0.05, 0.1) is 18.7 Å². The summed E-state index contributed by atoms with van der Waals surface area (Å²) in [7, 11) is 1.63. The Morgan fingerprint density at radius 3 is 3.00 bits per heavy atom. The van der Waals surface area contributed by atoms with Gasteiger partial charge in [-0.1, -0.05) is 0 Å². The van der Waals surface area contributed by atoms with Gasteiger partial charge in [0.2, 0.25) is 0 Å². The zero-order chi connectivity index (χ0) is 18.3. The lowest BCUT2D eigenvalue weighted by molar-refractivity contribution is 0.0617. The highest BCUT2D eigenvalue weighted by Gasteiger charge is 2.35. The Kier molecular flexibility index (Phi) is 3.83. The number of rotatable bonds is 3. The maximum atomic E-state index is 12.8. The van der Waals surface area contributed by atoms with E-state index in [0.717, 1.165) is 22.7 Å². The highest BCUT2D eigenvalue weighted by atomic mass is 16.5. The molecular formula is C20H21N3O3. The van der Waals surface area contributed by atoms with E-state index in [-0.39, 0.29) is 17.6 Å². The molecule has 0 bridgehead atoms. The number of nitrogens with one attached hydrogen (secondary N) is 1. The standard InChI is InChI=1S/C20H21N3O3/c1-20(2)11-16(15-6-5-14(25-3)10-17(15)26-20)22-19(24)13-4-7-18-21-8-9-23(18)12-13/h4-10,12,16H,11H2,1-3H3,(H,22,24)/t16-/m1/s1. The average molecular weight is 351 g/mol. The van der Waals surface area contributed by atoms with E-state index in [9.17, 15) is 4.79 Å². The first-order chi connectivity index (χ1) is 12.4. The van der Waals surface area contributed by atoms with E-state index in [1.54, 1.807) is 25.6 Å². The van der Waals surface area contributed by atoms with E-state index < -0.39 is 0 Å². The topological polar surface area (TPSA) is 64.9 Å². The summed E-state index contributed by atoms with van der Waals surface area (Å²) >= 11 is 0.